The van der Waals surface area contributed by atoms with E-state index in [1.807, 2.05) is 4.90 Å². The fourth-order valence-electron chi connectivity index (χ4n) is 3.26. The Morgan fingerprint density at radius 3 is 2.25 bits per heavy atom. The first-order valence-electron chi connectivity index (χ1n) is 9.24. The first-order valence-corrected chi connectivity index (χ1v) is 9.24. The molecule has 4 rings (SSSR count). The number of nitrogens with zero attached hydrogens (tertiary/aromatic N) is 2. The predicted octanol–water partition coefficient (Wildman–Crippen LogP) is 2.68. The van der Waals surface area contributed by atoms with E-state index in [1.165, 1.54) is 12.1 Å². The molecule has 0 bridgehead atoms. The van der Waals surface area contributed by atoms with Crippen LogP contribution in [0.2, 0.25) is 0 Å². The number of imide groups is 1. The Hall–Kier alpha value is -3.22. The van der Waals surface area contributed by atoms with E-state index in [1.54, 1.807) is 36.4 Å². The fourth-order valence-corrected chi connectivity index (χ4v) is 3.26. The van der Waals surface area contributed by atoms with Gasteiger partial charge in [0.1, 0.15) is 5.82 Å². The highest BCUT2D eigenvalue weighted by Gasteiger charge is 2.33. The van der Waals surface area contributed by atoms with Crippen LogP contribution in [0, 0.1) is 5.82 Å². The summed E-state index contributed by atoms with van der Waals surface area (Å²) in [6.07, 6.45) is 1.94. The third-order valence-corrected chi connectivity index (χ3v) is 4.99. The number of nitrogens with one attached hydrogen (secondary N) is 1. The van der Waals surface area contributed by atoms with Gasteiger partial charge in [-0.2, -0.15) is 0 Å². The molecule has 1 N–H and O–H groups in total. The number of hydrogen-bond donors (Lipinski definition) is 1. The van der Waals surface area contributed by atoms with Crippen molar-refractivity contribution in [2.45, 2.75) is 32.0 Å². The molecular weight excluding hydrogens is 361 g/mol. The molecule has 2 aromatic carbocycles. The first-order chi connectivity index (χ1) is 13.5. The van der Waals surface area contributed by atoms with Gasteiger partial charge in [-0.15, -0.1) is 0 Å². The Morgan fingerprint density at radius 2 is 1.68 bits per heavy atom. The van der Waals surface area contributed by atoms with E-state index in [0.717, 1.165) is 28.9 Å². The number of amides is 4. The standard InChI is InChI=1S/C21H20FN3O3/c22-17-7-3-15(4-8-17)12-24(18-9-10-18)20(27)16-5-1-14(2-6-16)13-25-19(26)11-23-21(25)28/h1-8,18H,9-13H2,(H,23,28). The van der Waals surface area contributed by atoms with Crippen molar-refractivity contribution in [3.8, 4) is 0 Å². The molecule has 1 aliphatic heterocycles. The molecule has 2 fully saturated rings. The average Bonchev–Trinajstić information content (AvgIpc) is 3.50. The van der Waals surface area contributed by atoms with E-state index in [0.29, 0.717) is 12.1 Å². The van der Waals surface area contributed by atoms with Crippen LogP contribution in [0.5, 0.6) is 0 Å². The summed E-state index contributed by atoms with van der Waals surface area (Å²) in [6, 6.07) is 13.0. The van der Waals surface area contributed by atoms with Gasteiger partial charge in [-0.1, -0.05) is 24.3 Å². The van der Waals surface area contributed by atoms with Crippen LogP contribution in [-0.2, 0) is 17.9 Å². The Morgan fingerprint density at radius 1 is 1.04 bits per heavy atom. The van der Waals surface area contributed by atoms with E-state index < -0.39 is 6.03 Å². The van der Waals surface area contributed by atoms with Gasteiger partial charge < -0.3 is 10.2 Å². The molecule has 1 saturated heterocycles. The largest absolute Gasteiger partial charge is 0.331 e. The summed E-state index contributed by atoms with van der Waals surface area (Å²) in [6.45, 7) is 0.643. The third kappa shape index (κ3) is 3.88. The van der Waals surface area contributed by atoms with E-state index in [2.05, 4.69) is 5.32 Å². The van der Waals surface area contributed by atoms with Crippen LogP contribution in [0.15, 0.2) is 48.5 Å². The van der Waals surface area contributed by atoms with Gasteiger partial charge in [-0.3, -0.25) is 14.5 Å². The summed E-state index contributed by atoms with van der Waals surface area (Å²) in [5.74, 6) is -0.633. The molecule has 28 heavy (non-hydrogen) atoms. The average molecular weight is 381 g/mol. The lowest BCUT2D eigenvalue weighted by Gasteiger charge is -2.23. The zero-order valence-corrected chi connectivity index (χ0v) is 15.2. The molecule has 0 unspecified atom stereocenters. The summed E-state index contributed by atoms with van der Waals surface area (Å²) in [7, 11) is 0. The normalized spacial score (nSPS) is 16.2. The third-order valence-electron chi connectivity index (χ3n) is 4.99. The number of carbonyl (C=O) groups excluding carboxylic acids is 3. The van der Waals surface area contributed by atoms with Crippen molar-refractivity contribution in [1.29, 1.82) is 0 Å². The van der Waals surface area contributed by atoms with Gasteiger partial charge in [-0.05, 0) is 48.2 Å². The van der Waals surface area contributed by atoms with Gasteiger partial charge in [0.2, 0.25) is 5.91 Å². The van der Waals surface area contributed by atoms with Gasteiger partial charge >= 0.3 is 6.03 Å². The molecule has 4 amide bonds. The monoisotopic (exact) mass is 381 g/mol. The lowest BCUT2D eigenvalue weighted by Crippen LogP contribution is -2.32. The summed E-state index contributed by atoms with van der Waals surface area (Å²) in [4.78, 5) is 39.3. The van der Waals surface area contributed by atoms with Crippen LogP contribution < -0.4 is 5.32 Å². The molecule has 0 aromatic heterocycles. The van der Waals surface area contributed by atoms with Crippen LogP contribution >= 0.6 is 0 Å². The fraction of sp³-hybridized carbons (Fsp3) is 0.286. The summed E-state index contributed by atoms with van der Waals surface area (Å²) in [5, 5.41) is 2.48. The van der Waals surface area contributed by atoms with E-state index in [4.69, 9.17) is 0 Å². The number of rotatable bonds is 6. The Bertz CT molecular complexity index is 891. The molecule has 6 nitrogen and oxygen atoms in total. The maximum Gasteiger partial charge on any atom is 0.324 e. The lowest BCUT2D eigenvalue weighted by atomic mass is 10.1. The molecule has 2 aliphatic rings. The van der Waals surface area contributed by atoms with Crippen LogP contribution in [0.25, 0.3) is 0 Å². The molecule has 0 atom stereocenters. The maximum atomic E-state index is 13.1. The van der Waals surface area contributed by atoms with Gasteiger partial charge in [0.15, 0.2) is 0 Å². The maximum absolute atomic E-state index is 13.1. The van der Waals surface area contributed by atoms with Crippen molar-refractivity contribution in [1.82, 2.24) is 15.1 Å². The smallest absolute Gasteiger partial charge is 0.324 e. The zero-order chi connectivity index (χ0) is 19.7. The minimum absolute atomic E-state index is 0.0230. The second-order valence-electron chi connectivity index (χ2n) is 7.13. The van der Waals surface area contributed by atoms with E-state index in [9.17, 15) is 18.8 Å². The number of benzene rings is 2. The number of hydrogen-bond acceptors (Lipinski definition) is 3. The zero-order valence-electron chi connectivity index (χ0n) is 15.2. The van der Waals surface area contributed by atoms with Crippen molar-refractivity contribution >= 4 is 17.8 Å². The topological polar surface area (TPSA) is 69.7 Å². The Labute approximate surface area is 161 Å². The number of urea groups is 1. The van der Waals surface area contributed by atoms with Crippen LogP contribution in [-0.4, -0.2) is 40.2 Å². The molecule has 1 heterocycles. The van der Waals surface area contributed by atoms with E-state index >= 15 is 0 Å². The van der Waals surface area contributed by atoms with Crippen molar-refractivity contribution in [3.05, 3.63) is 71.0 Å². The van der Waals surface area contributed by atoms with E-state index in [-0.39, 0.29) is 36.8 Å². The van der Waals surface area contributed by atoms with Crippen molar-refractivity contribution in [2.24, 2.45) is 0 Å². The highest BCUT2D eigenvalue weighted by Crippen LogP contribution is 2.30. The summed E-state index contributed by atoms with van der Waals surface area (Å²) < 4.78 is 13.1. The molecule has 1 saturated carbocycles. The van der Waals surface area contributed by atoms with Crippen LogP contribution in [0.3, 0.4) is 0 Å². The van der Waals surface area contributed by atoms with Crippen LogP contribution in [0.4, 0.5) is 9.18 Å². The quantitative estimate of drug-likeness (QED) is 0.782. The molecule has 144 valence electrons. The molecule has 0 spiro atoms. The van der Waals surface area contributed by atoms with Crippen LogP contribution in [0.1, 0.15) is 34.3 Å². The number of carbonyl (C=O) groups is 3. The van der Waals surface area contributed by atoms with Crippen molar-refractivity contribution < 1.29 is 18.8 Å². The highest BCUT2D eigenvalue weighted by atomic mass is 19.1. The second kappa shape index (κ2) is 7.42. The second-order valence-corrected chi connectivity index (χ2v) is 7.13. The minimum Gasteiger partial charge on any atom is -0.331 e. The molecule has 1 aliphatic carbocycles. The van der Waals surface area contributed by atoms with Gasteiger partial charge in [0.25, 0.3) is 5.91 Å². The molecule has 2 aromatic rings. The number of halogens is 1. The SMILES string of the molecule is O=C1CNC(=O)N1Cc1ccc(C(=O)N(Cc2ccc(F)cc2)C2CC2)cc1. The Balaban J connectivity index is 1.46. The van der Waals surface area contributed by atoms with Crippen molar-refractivity contribution in [3.63, 3.8) is 0 Å². The molecule has 0 radical (unpaired) electrons. The first kappa shape index (κ1) is 18.2. The lowest BCUT2D eigenvalue weighted by molar-refractivity contribution is -0.125. The van der Waals surface area contributed by atoms with Gasteiger partial charge in [0, 0.05) is 18.2 Å². The molecule has 7 heteroatoms. The van der Waals surface area contributed by atoms with Gasteiger partial charge in [0.05, 0.1) is 13.1 Å². The Kier molecular flexibility index (Phi) is 4.81. The summed E-state index contributed by atoms with van der Waals surface area (Å²) in [5.41, 5.74) is 2.21. The minimum atomic E-state index is -0.399. The highest BCUT2D eigenvalue weighted by molar-refractivity contribution is 6.01. The summed E-state index contributed by atoms with van der Waals surface area (Å²) >= 11 is 0. The van der Waals surface area contributed by atoms with Crippen molar-refractivity contribution in [2.75, 3.05) is 6.54 Å². The molecular formula is C21H20FN3O3. The predicted molar refractivity (Wildman–Crippen MR) is 99.7 cm³/mol. The van der Waals surface area contributed by atoms with Gasteiger partial charge in [-0.25, -0.2) is 9.18 Å².